The Morgan fingerprint density at radius 1 is 0.971 bits per heavy atom. The molecule has 4 nitrogen and oxygen atoms in total. The minimum atomic E-state index is -0.292. The largest absolute Gasteiger partial charge is 0.497 e. The molecule has 2 aliphatic heterocycles. The van der Waals surface area contributed by atoms with E-state index < -0.39 is 0 Å². The molecule has 0 aromatic heterocycles. The summed E-state index contributed by atoms with van der Waals surface area (Å²) in [4.78, 5) is 15.1. The van der Waals surface area contributed by atoms with Crippen molar-refractivity contribution in [2.75, 3.05) is 13.7 Å². The molecule has 0 spiro atoms. The number of methoxy groups -OCH3 is 1. The Hall–Kier alpha value is -3.60. The molecule has 3 aliphatic rings. The second-order valence-corrected chi connectivity index (χ2v) is 9.25. The molecule has 34 heavy (non-hydrogen) atoms. The van der Waals surface area contributed by atoms with E-state index in [0.717, 1.165) is 18.4 Å². The highest BCUT2D eigenvalue weighted by Gasteiger charge is 2.41. The summed E-state index contributed by atoms with van der Waals surface area (Å²) in [7, 11) is 1.53. The molecule has 0 saturated carbocycles. The summed E-state index contributed by atoms with van der Waals surface area (Å²) in [6, 6.07) is 21.6. The van der Waals surface area contributed by atoms with Crippen LogP contribution < -0.4 is 4.74 Å². The van der Waals surface area contributed by atoms with Gasteiger partial charge in [0, 0.05) is 23.6 Å². The summed E-state index contributed by atoms with van der Waals surface area (Å²) in [5.41, 5.74) is 6.38. The minimum Gasteiger partial charge on any atom is -0.497 e. The van der Waals surface area contributed by atoms with Gasteiger partial charge >= 0.3 is 6.09 Å². The van der Waals surface area contributed by atoms with Gasteiger partial charge in [0.1, 0.15) is 18.2 Å². The Kier molecular flexibility index (Phi) is 5.13. The van der Waals surface area contributed by atoms with Crippen LogP contribution in [0.3, 0.4) is 0 Å². The molecule has 1 saturated heterocycles. The summed E-state index contributed by atoms with van der Waals surface area (Å²) < 4.78 is 25.7. The van der Waals surface area contributed by atoms with Gasteiger partial charge < -0.3 is 9.47 Å². The van der Waals surface area contributed by atoms with E-state index in [2.05, 4.69) is 24.3 Å². The Bertz CT molecular complexity index is 1250. The topological polar surface area (TPSA) is 38.8 Å². The summed E-state index contributed by atoms with van der Waals surface area (Å²) in [5, 5.41) is 0. The van der Waals surface area contributed by atoms with Crippen molar-refractivity contribution in [2.45, 2.75) is 37.3 Å². The minimum absolute atomic E-state index is 0.0298. The lowest BCUT2D eigenvalue weighted by atomic mass is 9.94. The van der Waals surface area contributed by atoms with Gasteiger partial charge in [-0.15, -0.1) is 0 Å². The van der Waals surface area contributed by atoms with Gasteiger partial charge in [-0.05, 0) is 59.2 Å². The number of amides is 1. The van der Waals surface area contributed by atoms with E-state index >= 15 is 0 Å². The maximum Gasteiger partial charge on any atom is 0.410 e. The lowest BCUT2D eigenvalue weighted by molar-refractivity contribution is 0.0866. The average Bonchev–Trinajstić information content (AvgIpc) is 3.33. The molecule has 3 aromatic rings. The number of carbonyl (C=O) groups excluding carboxylic acids is 1. The van der Waals surface area contributed by atoms with Crippen LogP contribution in [-0.2, 0) is 4.74 Å². The van der Waals surface area contributed by atoms with Gasteiger partial charge in [0.2, 0.25) is 0 Å². The lowest BCUT2D eigenvalue weighted by Gasteiger charge is -2.33. The molecule has 0 N–H and O–H groups in total. The fraction of sp³-hybridized carbons (Fsp3) is 0.276. The van der Waals surface area contributed by atoms with Gasteiger partial charge in [0.15, 0.2) is 0 Å². The third-order valence-electron chi connectivity index (χ3n) is 7.46. The zero-order valence-electron chi connectivity index (χ0n) is 19.0. The molecule has 3 aromatic carbocycles. The van der Waals surface area contributed by atoms with Gasteiger partial charge in [0.25, 0.3) is 0 Å². The van der Waals surface area contributed by atoms with Crippen LogP contribution in [0, 0.1) is 5.82 Å². The van der Waals surface area contributed by atoms with E-state index in [1.165, 1.54) is 35.4 Å². The van der Waals surface area contributed by atoms with Gasteiger partial charge in [-0.25, -0.2) is 9.18 Å². The molecule has 0 radical (unpaired) electrons. The standard InChI is InChI=1S/C29H26FNO3/c1-33-21-12-13-22(28(30)16-21)18-14-19-10-11-20(15-18)31(19)29(32)34-17-27-25-8-4-2-6-23(25)24-7-3-5-9-26(24)27/h2-9,12-14,16,19-20,27H,10-11,15,17H2,1H3. The van der Waals surface area contributed by atoms with Crippen molar-refractivity contribution in [3.8, 4) is 16.9 Å². The maximum absolute atomic E-state index is 14.7. The van der Waals surface area contributed by atoms with Crippen LogP contribution in [0.15, 0.2) is 72.8 Å². The number of hydrogen-bond donors (Lipinski definition) is 0. The van der Waals surface area contributed by atoms with Crippen molar-refractivity contribution in [1.29, 1.82) is 0 Å². The normalized spacial score (nSPS) is 20.5. The molecule has 1 aliphatic carbocycles. The van der Waals surface area contributed by atoms with Gasteiger partial charge in [-0.3, -0.25) is 4.90 Å². The molecule has 1 fully saturated rings. The molecule has 5 heteroatoms. The quantitative estimate of drug-likeness (QED) is 0.457. The molecule has 6 rings (SSSR count). The molecular formula is C29H26FNO3. The number of fused-ring (bicyclic) bond motifs is 5. The molecule has 2 heterocycles. The molecule has 2 unspecified atom stereocenters. The van der Waals surface area contributed by atoms with Gasteiger partial charge in [0.05, 0.1) is 13.2 Å². The smallest absolute Gasteiger partial charge is 0.410 e. The fourth-order valence-corrected chi connectivity index (χ4v) is 5.87. The Balaban J connectivity index is 1.20. The number of rotatable bonds is 4. The lowest BCUT2D eigenvalue weighted by Crippen LogP contribution is -2.43. The highest BCUT2D eigenvalue weighted by atomic mass is 19.1. The van der Waals surface area contributed by atoms with E-state index in [9.17, 15) is 9.18 Å². The van der Waals surface area contributed by atoms with E-state index in [1.807, 2.05) is 35.2 Å². The number of hydrogen-bond acceptors (Lipinski definition) is 3. The highest BCUT2D eigenvalue weighted by molar-refractivity contribution is 5.79. The maximum atomic E-state index is 14.7. The van der Waals surface area contributed by atoms with E-state index in [-0.39, 0.29) is 29.9 Å². The first-order valence-electron chi connectivity index (χ1n) is 11.8. The zero-order chi connectivity index (χ0) is 23.2. The van der Waals surface area contributed by atoms with Gasteiger partial charge in [-0.1, -0.05) is 54.6 Å². The second-order valence-electron chi connectivity index (χ2n) is 9.25. The average molecular weight is 456 g/mol. The summed E-state index contributed by atoms with van der Waals surface area (Å²) in [6.45, 7) is 0.312. The third-order valence-corrected chi connectivity index (χ3v) is 7.46. The van der Waals surface area contributed by atoms with Crippen LogP contribution >= 0.6 is 0 Å². The zero-order valence-corrected chi connectivity index (χ0v) is 19.0. The van der Waals surface area contributed by atoms with Crippen molar-refractivity contribution in [2.24, 2.45) is 0 Å². The van der Waals surface area contributed by atoms with E-state index in [0.29, 0.717) is 24.3 Å². The molecule has 172 valence electrons. The van der Waals surface area contributed by atoms with Crippen molar-refractivity contribution in [1.82, 2.24) is 4.90 Å². The number of carbonyl (C=O) groups is 1. The van der Waals surface area contributed by atoms with Gasteiger partial charge in [-0.2, -0.15) is 0 Å². The van der Waals surface area contributed by atoms with Crippen LogP contribution in [0.25, 0.3) is 16.7 Å². The molecule has 2 bridgehead atoms. The van der Waals surface area contributed by atoms with E-state index in [1.54, 1.807) is 12.1 Å². The SMILES string of the molecule is COc1ccc(C2=CC3CCC(C2)N3C(=O)OCC2c3ccccc3-c3ccccc32)c(F)c1. The third kappa shape index (κ3) is 3.38. The fourth-order valence-electron chi connectivity index (χ4n) is 5.87. The summed E-state index contributed by atoms with van der Waals surface area (Å²) in [5.74, 6) is 0.249. The van der Waals surface area contributed by atoms with Crippen LogP contribution in [0.1, 0.15) is 41.9 Å². The number of benzene rings is 3. The summed E-state index contributed by atoms with van der Waals surface area (Å²) >= 11 is 0. The molecule has 2 atom stereocenters. The Morgan fingerprint density at radius 2 is 1.68 bits per heavy atom. The number of ether oxygens (including phenoxy) is 2. The van der Waals surface area contributed by atoms with Crippen LogP contribution in [0.5, 0.6) is 5.75 Å². The molecule has 1 amide bonds. The van der Waals surface area contributed by atoms with Crippen LogP contribution in [-0.4, -0.2) is 36.8 Å². The highest BCUT2D eigenvalue weighted by Crippen LogP contribution is 2.45. The first kappa shape index (κ1) is 21.0. The summed E-state index contributed by atoms with van der Waals surface area (Å²) in [6.07, 6.45) is 4.16. The monoisotopic (exact) mass is 455 g/mol. The molecular weight excluding hydrogens is 429 g/mol. The van der Waals surface area contributed by atoms with Crippen molar-refractivity contribution >= 4 is 11.7 Å². The predicted octanol–water partition coefficient (Wildman–Crippen LogP) is 6.40. The van der Waals surface area contributed by atoms with Crippen molar-refractivity contribution < 1.29 is 18.7 Å². The van der Waals surface area contributed by atoms with Crippen LogP contribution in [0.2, 0.25) is 0 Å². The second kappa shape index (κ2) is 8.32. The van der Waals surface area contributed by atoms with E-state index in [4.69, 9.17) is 9.47 Å². The number of nitrogens with zero attached hydrogens (tertiary/aromatic N) is 1. The van der Waals surface area contributed by atoms with Crippen molar-refractivity contribution in [3.63, 3.8) is 0 Å². The number of halogens is 1. The Labute approximate surface area is 198 Å². The first-order chi connectivity index (χ1) is 16.6. The first-order valence-corrected chi connectivity index (χ1v) is 11.8. The predicted molar refractivity (Wildman–Crippen MR) is 129 cm³/mol. The van der Waals surface area contributed by atoms with Crippen molar-refractivity contribution in [3.05, 3.63) is 95.3 Å². The Morgan fingerprint density at radius 3 is 2.32 bits per heavy atom. The van der Waals surface area contributed by atoms with Crippen LogP contribution in [0.4, 0.5) is 9.18 Å².